The monoisotopic (exact) mass is 301 g/mol. The Morgan fingerprint density at radius 2 is 2.00 bits per heavy atom. The molecule has 1 aromatic carbocycles. The Morgan fingerprint density at radius 1 is 1.24 bits per heavy atom. The molecule has 1 aliphatic heterocycles. The molecule has 0 bridgehead atoms. The summed E-state index contributed by atoms with van der Waals surface area (Å²) in [5.41, 5.74) is 2.67. The molecular weight excluding hydrogens is 286 g/mol. The van der Waals surface area contributed by atoms with Gasteiger partial charge in [0, 0.05) is 22.3 Å². The molecule has 0 unspecified atom stereocenters. The Labute approximate surface area is 124 Å². The molecule has 6 heteroatoms. The molecule has 21 heavy (non-hydrogen) atoms. The van der Waals surface area contributed by atoms with Crippen LogP contribution in [0.5, 0.6) is 0 Å². The number of carbonyl (C=O) groups is 1. The average Bonchev–Trinajstić information content (AvgIpc) is 3.21. The number of aromatic nitrogens is 2. The summed E-state index contributed by atoms with van der Waals surface area (Å²) in [6, 6.07) is 9.72. The summed E-state index contributed by atoms with van der Waals surface area (Å²) >= 11 is 0. The molecular formula is C15H15N3O2S. The molecule has 0 saturated heterocycles. The van der Waals surface area contributed by atoms with Crippen molar-refractivity contribution in [1.29, 1.82) is 0 Å². The lowest BCUT2D eigenvalue weighted by Crippen LogP contribution is -2.17. The zero-order valence-electron chi connectivity index (χ0n) is 11.4. The van der Waals surface area contributed by atoms with E-state index in [2.05, 4.69) is 10.4 Å². The summed E-state index contributed by atoms with van der Waals surface area (Å²) < 4.78 is 13.5. The van der Waals surface area contributed by atoms with Crippen molar-refractivity contribution in [3.63, 3.8) is 0 Å². The van der Waals surface area contributed by atoms with E-state index in [0.717, 1.165) is 29.8 Å². The molecule has 4 rings (SSSR count). The van der Waals surface area contributed by atoms with Crippen molar-refractivity contribution in [1.82, 2.24) is 9.78 Å². The normalized spacial score (nSPS) is 20.3. The lowest BCUT2D eigenvalue weighted by Gasteiger charge is -2.10. The van der Waals surface area contributed by atoms with E-state index in [1.165, 1.54) is 0 Å². The third kappa shape index (κ3) is 2.29. The predicted molar refractivity (Wildman–Crippen MR) is 80.5 cm³/mol. The molecule has 0 radical (unpaired) electrons. The number of rotatable bonds is 3. The lowest BCUT2D eigenvalue weighted by atomic mass is 10.2. The third-order valence-electron chi connectivity index (χ3n) is 3.86. The SMILES string of the molecule is O=C(Nc1c2c(nn1-c1ccccc1)C[S@@](=O)C2)C1CC1. The molecule has 1 aliphatic carbocycles. The molecule has 1 fully saturated rings. The second kappa shape index (κ2) is 4.80. The number of anilines is 1. The number of fused-ring (bicyclic) bond motifs is 1. The van der Waals surface area contributed by atoms with E-state index in [1.54, 1.807) is 4.68 Å². The Bertz CT molecular complexity index is 735. The van der Waals surface area contributed by atoms with Gasteiger partial charge in [-0.15, -0.1) is 0 Å². The molecule has 2 heterocycles. The van der Waals surface area contributed by atoms with Crippen LogP contribution in [0.1, 0.15) is 24.1 Å². The number of hydrogen-bond acceptors (Lipinski definition) is 3. The molecule has 108 valence electrons. The van der Waals surface area contributed by atoms with Gasteiger partial charge in [-0.3, -0.25) is 9.00 Å². The number of para-hydroxylation sites is 1. The van der Waals surface area contributed by atoms with Gasteiger partial charge in [-0.2, -0.15) is 5.10 Å². The maximum atomic E-state index is 12.1. The van der Waals surface area contributed by atoms with Crippen LogP contribution in [0.25, 0.3) is 5.69 Å². The van der Waals surface area contributed by atoms with Gasteiger partial charge in [0.2, 0.25) is 5.91 Å². The first-order chi connectivity index (χ1) is 10.2. The van der Waals surface area contributed by atoms with Crippen molar-refractivity contribution < 1.29 is 9.00 Å². The second-order valence-corrected chi connectivity index (χ2v) is 6.97. The van der Waals surface area contributed by atoms with Crippen LogP contribution in [-0.4, -0.2) is 19.9 Å². The van der Waals surface area contributed by atoms with Crippen LogP contribution in [0.4, 0.5) is 5.82 Å². The highest BCUT2D eigenvalue weighted by molar-refractivity contribution is 7.83. The fraction of sp³-hybridized carbons (Fsp3) is 0.333. The first kappa shape index (κ1) is 12.8. The molecule has 2 aliphatic rings. The number of carbonyl (C=O) groups excluding carboxylic acids is 1. The van der Waals surface area contributed by atoms with Crippen LogP contribution in [0.15, 0.2) is 30.3 Å². The number of nitrogens with zero attached hydrogens (tertiary/aromatic N) is 2. The van der Waals surface area contributed by atoms with Gasteiger partial charge in [-0.05, 0) is 25.0 Å². The molecule has 1 saturated carbocycles. The number of benzene rings is 1. The zero-order chi connectivity index (χ0) is 14.4. The summed E-state index contributed by atoms with van der Waals surface area (Å²) in [6.45, 7) is 0. The van der Waals surface area contributed by atoms with E-state index in [-0.39, 0.29) is 11.8 Å². The van der Waals surface area contributed by atoms with Crippen LogP contribution < -0.4 is 5.32 Å². The van der Waals surface area contributed by atoms with E-state index in [9.17, 15) is 9.00 Å². The predicted octanol–water partition coefficient (Wildman–Crippen LogP) is 1.98. The van der Waals surface area contributed by atoms with Crippen LogP contribution in [0, 0.1) is 5.92 Å². The van der Waals surface area contributed by atoms with E-state index < -0.39 is 10.8 Å². The quantitative estimate of drug-likeness (QED) is 0.943. The molecule has 1 aromatic heterocycles. The molecule has 5 nitrogen and oxygen atoms in total. The van der Waals surface area contributed by atoms with Gasteiger partial charge >= 0.3 is 0 Å². The number of nitrogens with one attached hydrogen (secondary N) is 1. The summed E-state index contributed by atoms with van der Waals surface area (Å²) in [5.74, 6) is 1.82. The molecule has 2 aromatic rings. The highest BCUT2D eigenvalue weighted by atomic mass is 32.2. The van der Waals surface area contributed by atoms with Crippen LogP contribution in [0.3, 0.4) is 0 Å². The Hall–Kier alpha value is -1.95. The minimum absolute atomic E-state index is 0.0487. The van der Waals surface area contributed by atoms with Crippen molar-refractivity contribution in [3.05, 3.63) is 41.6 Å². The van der Waals surface area contributed by atoms with Crippen molar-refractivity contribution >= 4 is 22.5 Å². The van der Waals surface area contributed by atoms with Gasteiger partial charge < -0.3 is 5.32 Å². The smallest absolute Gasteiger partial charge is 0.228 e. The Morgan fingerprint density at radius 3 is 2.71 bits per heavy atom. The van der Waals surface area contributed by atoms with Crippen LogP contribution in [0.2, 0.25) is 0 Å². The van der Waals surface area contributed by atoms with Gasteiger partial charge in [-0.1, -0.05) is 18.2 Å². The van der Waals surface area contributed by atoms with E-state index >= 15 is 0 Å². The standard InChI is InChI=1S/C15H15N3O2S/c19-15(10-6-7-10)16-14-12-8-21(20)9-13(12)17-18(14)11-4-2-1-3-5-11/h1-5,10H,6-9H2,(H,16,19)/t21-/m0/s1. The number of amides is 1. The van der Waals surface area contributed by atoms with Crippen molar-refractivity contribution in [2.75, 3.05) is 5.32 Å². The van der Waals surface area contributed by atoms with Gasteiger partial charge in [-0.25, -0.2) is 4.68 Å². The van der Waals surface area contributed by atoms with Crippen molar-refractivity contribution in [2.45, 2.75) is 24.3 Å². The fourth-order valence-corrected chi connectivity index (χ4v) is 3.84. The maximum absolute atomic E-state index is 12.1. The molecule has 1 N–H and O–H groups in total. The Kier molecular flexibility index (Phi) is 2.92. The maximum Gasteiger partial charge on any atom is 0.228 e. The van der Waals surface area contributed by atoms with E-state index in [4.69, 9.17) is 0 Å². The highest BCUT2D eigenvalue weighted by Gasteiger charge is 2.33. The van der Waals surface area contributed by atoms with Crippen LogP contribution >= 0.6 is 0 Å². The average molecular weight is 301 g/mol. The van der Waals surface area contributed by atoms with Crippen molar-refractivity contribution in [2.24, 2.45) is 5.92 Å². The molecule has 0 spiro atoms. The minimum atomic E-state index is -0.900. The van der Waals surface area contributed by atoms with Crippen LogP contribution in [-0.2, 0) is 27.1 Å². The first-order valence-corrected chi connectivity index (χ1v) is 8.53. The first-order valence-electron chi connectivity index (χ1n) is 7.04. The summed E-state index contributed by atoms with van der Waals surface area (Å²) in [5, 5.41) is 7.55. The highest BCUT2D eigenvalue weighted by Crippen LogP contribution is 2.34. The zero-order valence-corrected chi connectivity index (χ0v) is 12.2. The second-order valence-electron chi connectivity index (χ2n) is 5.51. The topological polar surface area (TPSA) is 64.0 Å². The van der Waals surface area contributed by atoms with E-state index in [0.29, 0.717) is 17.3 Å². The van der Waals surface area contributed by atoms with Gasteiger partial charge in [0.15, 0.2) is 0 Å². The van der Waals surface area contributed by atoms with E-state index in [1.807, 2.05) is 30.3 Å². The lowest BCUT2D eigenvalue weighted by molar-refractivity contribution is -0.117. The Balaban J connectivity index is 1.77. The summed E-state index contributed by atoms with van der Waals surface area (Å²) in [7, 11) is -0.900. The van der Waals surface area contributed by atoms with Gasteiger partial charge in [0.25, 0.3) is 0 Å². The molecule has 1 amide bonds. The third-order valence-corrected chi connectivity index (χ3v) is 5.07. The summed E-state index contributed by atoms with van der Waals surface area (Å²) in [6.07, 6.45) is 1.92. The van der Waals surface area contributed by atoms with Crippen molar-refractivity contribution in [3.8, 4) is 5.69 Å². The minimum Gasteiger partial charge on any atom is -0.310 e. The number of hydrogen-bond donors (Lipinski definition) is 1. The van der Waals surface area contributed by atoms with Gasteiger partial charge in [0.05, 0.1) is 22.9 Å². The van der Waals surface area contributed by atoms with Gasteiger partial charge in [0.1, 0.15) is 5.82 Å². The largest absolute Gasteiger partial charge is 0.310 e. The molecule has 1 atom stereocenters. The fourth-order valence-electron chi connectivity index (χ4n) is 2.58. The summed E-state index contributed by atoms with van der Waals surface area (Å²) in [4.78, 5) is 12.1.